The lowest BCUT2D eigenvalue weighted by molar-refractivity contribution is 0.106. The summed E-state index contributed by atoms with van der Waals surface area (Å²) in [6.07, 6.45) is 6.30. The first-order valence-corrected chi connectivity index (χ1v) is 8.01. The van der Waals surface area contributed by atoms with Crippen molar-refractivity contribution in [3.63, 3.8) is 0 Å². The molecule has 1 aliphatic rings. The van der Waals surface area contributed by atoms with Crippen molar-refractivity contribution in [2.45, 2.75) is 25.1 Å². The number of hydrogen-bond donors (Lipinski definition) is 0. The van der Waals surface area contributed by atoms with Crippen molar-refractivity contribution in [3.05, 3.63) is 41.7 Å². The van der Waals surface area contributed by atoms with Crippen LogP contribution in [0.25, 0.3) is 0 Å². The molecule has 3 rings (SSSR count). The maximum atomic E-state index is 6.07. The summed E-state index contributed by atoms with van der Waals surface area (Å²) in [4.78, 5) is 10.8. The summed E-state index contributed by atoms with van der Waals surface area (Å²) < 4.78 is 13.3. The zero-order valence-corrected chi connectivity index (χ0v) is 14.1. The Kier molecular flexibility index (Phi) is 5.15. The van der Waals surface area contributed by atoms with Crippen molar-refractivity contribution in [3.8, 4) is 5.75 Å². The largest absolute Gasteiger partial charge is 0.490 e. The summed E-state index contributed by atoms with van der Waals surface area (Å²) in [5.41, 5.74) is 0. The molecule has 0 spiro atoms. The minimum atomic E-state index is 0.216. The molecule has 2 aromatic rings. The molecule has 2 atom stereocenters. The van der Waals surface area contributed by atoms with E-state index in [1.165, 1.54) is 0 Å². The van der Waals surface area contributed by atoms with E-state index in [2.05, 4.69) is 14.9 Å². The summed E-state index contributed by atoms with van der Waals surface area (Å²) in [6.45, 7) is 2.19. The Labute approximate surface area is 141 Å². The van der Waals surface area contributed by atoms with Gasteiger partial charge in [-0.1, -0.05) is 11.6 Å². The predicted molar refractivity (Wildman–Crippen MR) is 87.6 cm³/mol. The minimum absolute atomic E-state index is 0.216. The van der Waals surface area contributed by atoms with E-state index in [0.29, 0.717) is 11.8 Å². The maximum absolute atomic E-state index is 6.07. The van der Waals surface area contributed by atoms with Crippen LogP contribution in [-0.4, -0.2) is 51.8 Å². The number of pyridine rings is 1. The molecule has 1 saturated heterocycles. The molecule has 1 aliphatic heterocycles. The zero-order chi connectivity index (χ0) is 16.2. The fourth-order valence-corrected chi connectivity index (χ4v) is 3.00. The Morgan fingerprint density at radius 1 is 1.39 bits per heavy atom. The Hall–Kier alpha value is -1.63. The third-order valence-electron chi connectivity index (χ3n) is 4.27. The summed E-state index contributed by atoms with van der Waals surface area (Å²) in [7, 11) is 3.68. The number of rotatable bonds is 6. The van der Waals surface area contributed by atoms with Gasteiger partial charge in [0.1, 0.15) is 23.3 Å². The van der Waals surface area contributed by atoms with Gasteiger partial charge in [-0.15, -0.1) is 0 Å². The number of ether oxygens (including phenoxy) is 2. The number of nitrogens with zero attached hydrogens (tertiary/aromatic N) is 4. The van der Waals surface area contributed by atoms with Crippen LogP contribution >= 0.6 is 11.6 Å². The second-order valence-electron chi connectivity index (χ2n) is 5.73. The lowest BCUT2D eigenvalue weighted by Crippen LogP contribution is -2.34. The Morgan fingerprint density at radius 3 is 2.91 bits per heavy atom. The first-order chi connectivity index (χ1) is 11.2. The van der Waals surface area contributed by atoms with Gasteiger partial charge in [0.15, 0.2) is 0 Å². The number of methoxy groups -OCH3 is 1. The van der Waals surface area contributed by atoms with Crippen molar-refractivity contribution in [2.75, 3.05) is 20.3 Å². The van der Waals surface area contributed by atoms with Crippen molar-refractivity contribution >= 4 is 11.6 Å². The molecule has 0 aromatic carbocycles. The second kappa shape index (κ2) is 7.29. The number of likely N-dealkylation sites (tertiary alicyclic amines) is 1. The van der Waals surface area contributed by atoms with Crippen molar-refractivity contribution in [2.24, 2.45) is 7.05 Å². The molecule has 0 amide bonds. The van der Waals surface area contributed by atoms with Crippen molar-refractivity contribution in [1.82, 2.24) is 19.4 Å². The maximum Gasteiger partial charge on any atom is 0.137 e. The van der Waals surface area contributed by atoms with E-state index in [-0.39, 0.29) is 12.1 Å². The first kappa shape index (κ1) is 16.2. The fourth-order valence-electron chi connectivity index (χ4n) is 2.85. The van der Waals surface area contributed by atoms with Crippen LogP contribution in [0.4, 0.5) is 0 Å². The molecule has 0 unspecified atom stereocenters. The smallest absolute Gasteiger partial charge is 0.137 e. The standard InChI is InChI=1S/C16H21ClN4O2/c1-20-15(17)8-19-16(20)10-21-9-14(22-2)6-12(21)11-23-13-4-3-5-18-7-13/h3-5,7-8,12,14H,6,9-11H2,1-2H3/t12-,14+/m0/s1. The van der Waals surface area contributed by atoms with E-state index in [1.807, 2.05) is 23.7 Å². The van der Waals surface area contributed by atoms with Gasteiger partial charge < -0.3 is 14.0 Å². The first-order valence-electron chi connectivity index (χ1n) is 7.63. The zero-order valence-electron chi connectivity index (χ0n) is 13.4. The van der Waals surface area contributed by atoms with Gasteiger partial charge in [0.25, 0.3) is 0 Å². The van der Waals surface area contributed by atoms with Crippen LogP contribution in [0.3, 0.4) is 0 Å². The number of hydrogen-bond acceptors (Lipinski definition) is 5. The highest BCUT2D eigenvalue weighted by atomic mass is 35.5. The number of imidazole rings is 1. The molecule has 1 fully saturated rings. The fraction of sp³-hybridized carbons (Fsp3) is 0.500. The molecule has 23 heavy (non-hydrogen) atoms. The molecule has 0 saturated carbocycles. The minimum Gasteiger partial charge on any atom is -0.490 e. The molecular formula is C16H21ClN4O2. The van der Waals surface area contributed by atoms with Gasteiger partial charge in [0.2, 0.25) is 0 Å². The van der Waals surface area contributed by atoms with Gasteiger partial charge in [0, 0.05) is 32.9 Å². The van der Waals surface area contributed by atoms with Gasteiger partial charge in [0.05, 0.1) is 25.0 Å². The normalized spacial score (nSPS) is 21.7. The van der Waals surface area contributed by atoms with Crippen molar-refractivity contribution < 1.29 is 9.47 Å². The van der Waals surface area contributed by atoms with Crippen LogP contribution < -0.4 is 4.74 Å². The summed E-state index contributed by atoms with van der Waals surface area (Å²) >= 11 is 6.07. The molecule has 7 heteroatoms. The van der Waals surface area contributed by atoms with E-state index < -0.39 is 0 Å². The summed E-state index contributed by atoms with van der Waals surface area (Å²) in [6, 6.07) is 4.06. The van der Waals surface area contributed by atoms with Crippen LogP contribution in [0.15, 0.2) is 30.7 Å². The average Bonchev–Trinajstić information content (AvgIpc) is 3.12. The summed E-state index contributed by atoms with van der Waals surface area (Å²) in [5, 5.41) is 0.644. The van der Waals surface area contributed by atoms with E-state index in [0.717, 1.165) is 31.1 Å². The topological polar surface area (TPSA) is 52.4 Å². The molecule has 6 nitrogen and oxygen atoms in total. The van der Waals surface area contributed by atoms with Crippen LogP contribution in [0, 0.1) is 0 Å². The van der Waals surface area contributed by atoms with Gasteiger partial charge in [-0.3, -0.25) is 9.88 Å². The molecule has 0 radical (unpaired) electrons. The van der Waals surface area contributed by atoms with Gasteiger partial charge >= 0.3 is 0 Å². The highest BCUT2D eigenvalue weighted by Crippen LogP contribution is 2.23. The van der Waals surface area contributed by atoms with Crippen LogP contribution in [0.5, 0.6) is 5.75 Å². The van der Waals surface area contributed by atoms with Crippen LogP contribution in [0.2, 0.25) is 5.15 Å². The van der Waals surface area contributed by atoms with E-state index in [4.69, 9.17) is 21.1 Å². The Morgan fingerprint density at radius 2 is 2.26 bits per heavy atom. The molecule has 0 bridgehead atoms. The third kappa shape index (κ3) is 3.83. The third-order valence-corrected chi connectivity index (χ3v) is 4.62. The van der Waals surface area contributed by atoms with E-state index in [1.54, 1.807) is 25.7 Å². The van der Waals surface area contributed by atoms with Gasteiger partial charge in [-0.25, -0.2) is 4.98 Å². The molecule has 0 N–H and O–H groups in total. The Balaban J connectivity index is 1.65. The van der Waals surface area contributed by atoms with Gasteiger partial charge in [-0.2, -0.15) is 0 Å². The Bertz CT molecular complexity index is 634. The highest BCUT2D eigenvalue weighted by molar-refractivity contribution is 6.29. The van der Waals surface area contributed by atoms with Crippen LogP contribution in [0.1, 0.15) is 12.2 Å². The molecular weight excluding hydrogens is 316 g/mol. The quantitative estimate of drug-likeness (QED) is 0.809. The lowest BCUT2D eigenvalue weighted by atomic mass is 10.2. The molecule has 2 aromatic heterocycles. The number of aromatic nitrogens is 3. The van der Waals surface area contributed by atoms with E-state index in [9.17, 15) is 0 Å². The lowest BCUT2D eigenvalue weighted by Gasteiger charge is -2.23. The molecule has 3 heterocycles. The van der Waals surface area contributed by atoms with Crippen molar-refractivity contribution in [1.29, 1.82) is 0 Å². The molecule has 0 aliphatic carbocycles. The second-order valence-corrected chi connectivity index (χ2v) is 6.12. The predicted octanol–water partition coefficient (Wildman–Crippen LogP) is 2.14. The average molecular weight is 337 g/mol. The van der Waals surface area contributed by atoms with Crippen LogP contribution in [-0.2, 0) is 18.3 Å². The van der Waals surface area contributed by atoms with E-state index >= 15 is 0 Å². The highest BCUT2D eigenvalue weighted by Gasteiger charge is 2.33. The van der Waals surface area contributed by atoms with Gasteiger partial charge in [-0.05, 0) is 18.6 Å². The summed E-state index contributed by atoms with van der Waals surface area (Å²) in [5.74, 6) is 1.73. The monoisotopic (exact) mass is 336 g/mol. The SMILES string of the molecule is CO[C@@H]1C[C@@H](COc2cccnc2)N(Cc2ncc(Cl)n2C)C1. The molecule has 124 valence electrons. The number of halogens is 1.